The minimum atomic E-state index is -0.202. The highest BCUT2D eigenvalue weighted by atomic mass is 19.1. The normalized spacial score (nSPS) is 19.2. The lowest BCUT2D eigenvalue weighted by atomic mass is 9.98. The third-order valence-corrected chi connectivity index (χ3v) is 6.98. The Bertz CT molecular complexity index is 1150. The Morgan fingerprint density at radius 1 is 1.15 bits per heavy atom. The van der Waals surface area contributed by atoms with Crippen molar-refractivity contribution in [2.24, 2.45) is 0 Å². The van der Waals surface area contributed by atoms with Gasteiger partial charge in [-0.1, -0.05) is 18.6 Å². The molecule has 3 heterocycles. The van der Waals surface area contributed by atoms with E-state index in [4.69, 9.17) is 10.1 Å². The predicted molar refractivity (Wildman–Crippen MR) is 125 cm³/mol. The van der Waals surface area contributed by atoms with Crippen LogP contribution in [-0.2, 0) is 17.8 Å². The zero-order chi connectivity index (χ0) is 22.9. The van der Waals surface area contributed by atoms with E-state index < -0.39 is 0 Å². The smallest absolute Gasteiger partial charge is 0.220 e. The number of hydrogen-bond acceptors (Lipinski definition) is 4. The van der Waals surface area contributed by atoms with E-state index in [1.165, 1.54) is 18.6 Å². The average molecular weight is 450 g/mol. The largest absolute Gasteiger partial charge is 0.353 e. The number of carbonyl (C=O) groups is 1. The van der Waals surface area contributed by atoms with Crippen LogP contribution in [0.3, 0.4) is 0 Å². The number of amides is 1. The number of aromatic nitrogens is 3. The number of halogens is 1. The minimum absolute atomic E-state index is 0.121. The van der Waals surface area contributed by atoms with E-state index in [2.05, 4.69) is 23.2 Å². The molecular weight excluding hydrogens is 417 g/mol. The molecule has 2 aliphatic rings. The molecule has 1 N–H and O–H groups in total. The summed E-state index contributed by atoms with van der Waals surface area (Å²) in [6.45, 7) is 5.88. The lowest BCUT2D eigenvalue weighted by Crippen LogP contribution is -2.33. The van der Waals surface area contributed by atoms with E-state index in [-0.39, 0.29) is 17.8 Å². The van der Waals surface area contributed by atoms with Gasteiger partial charge < -0.3 is 5.32 Å². The number of rotatable bonds is 7. The number of likely N-dealkylation sites (tertiary alicyclic amines) is 1. The second-order valence-corrected chi connectivity index (χ2v) is 9.55. The summed E-state index contributed by atoms with van der Waals surface area (Å²) < 4.78 is 15.3. The van der Waals surface area contributed by atoms with Gasteiger partial charge in [-0.25, -0.2) is 13.9 Å². The fourth-order valence-electron chi connectivity index (χ4n) is 4.97. The number of fused-ring (bicyclic) bond motifs is 1. The first-order chi connectivity index (χ1) is 16.0. The maximum Gasteiger partial charge on any atom is 0.220 e. The Labute approximate surface area is 194 Å². The maximum absolute atomic E-state index is 13.3. The van der Waals surface area contributed by atoms with Gasteiger partial charge in [0.15, 0.2) is 5.65 Å². The fraction of sp³-hybridized carbons (Fsp3) is 0.500. The zero-order valence-corrected chi connectivity index (χ0v) is 19.5. The van der Waals surface area contributed by atoms with Gasteiger partial charge >= 0.3 is 0 Å². The number of nitrogens with one attached hydrogen (secondary N) is 1. The van der Waals surface area contributed by atoms with Crippen LogP contribution in [0.4, 0.5) is 4.39 Å². The summed E-state index contributed by atoms with van der Waals surface area (Å²) >= 11 is 0. The van der Waals surface area contributed by atoms with Gasteiger partial charge in [-0.15, -0.1) is 0 Å². The van der Waals surface area contributed by atoms with Gasteiger partial charge in [0.1, 0.15) is 5.82 Å². The van der Waals surface area contributed by atoms with Crippen molar-refractivity contribution >= 4 is 11.6 Å². The third-order valence-electron chi connectivity index (χ3n) is 6.98. The number of piperidine rings is 1. The molecule has 7 heteroatoms. The van der Waals surface area contributed by atoms with Crippen molar-refractivity contribution in [1.82, 2.24) is 24.8 Å². The second-order valence-electron chi connectivity index (χ2n) is 9.55. The molecule has 5 rings (SSSR count). The summed E-state index contributed by atoms with van der Waals surface area (Å²) in [5, 5.41) is 8.05. The minimum Gasteiger partial charge on any atom is -0.353 e. The first-order valence-electron chi connectivity index (χ1n) is 12.1. The third kappa shape index (κ3) is 4.93. The van der Waals surface area contributed by atoms with Crippen molar-refractivity contribution in [3.63, 3.8) is 0 Å². The molecule has 0 bridgehead atoms. The standard InChI is InChI=1S/C26H32FN5O/c1-17-22(12-13-26(33)29-21-10-11-21)18(2)32-25(28-17)15-23(30-32)24-5-3-4-14-31(24)16-19-6-8-20(27)9-7-19/h6-9,15,21,24H,3-5,10-14,16H2,1-2H3,(H,29,33)/t24-/m1/s1. The van der Waals surface area contributed by atoms with Crippen LogP contribution in [-0.4, -0.2) is 38.0 Å². The molecule has 1 aliphatic carbocycles. The van der Waals surface area contributed by atoms with Crippen molar-refractivity contribution in [1.29, 1.82) is 0 Å². The molecule has 33 heavy (non-hydrogen) atoms. The highest BCUT2D eigenvalue weighted by Crippen LogP contribution is 2.32. The first-order valence-corrected chi connectivity index (χ1v) is 12.1. The van der Waals surface area contributed by atoms with Crippen LogP contribution in [0.2, 0.25) is 0 Å². The number of carbonyl (C=O) groups excluding carboxylic acids is 1. The van der Waals surface area contributed by atoms with E-state index in [1.54, 1.807) is 0 Å². The van der Waals surface area contributed by atoms with E-state index in [0.29, 0.717) is 18.9 Å². The molecule has 174 valence electrons. The molecular formula is C26H32FN5O. The molecule has 3 aromatic rings. The topological polar surface area (TPSA) is 62.5 Å². The lowest BCUT2D eigenvalue weighted by molar-refractivity contribution is -0.121. The molecule has 1 saturated carbocycles. The SMILES string of the molecule is Cc1nc2cc([C@H]3CCCCN3Cc3ccc(F)cc3)nn2c(C)c1CCC(=O)NC1CC1. The first kappa shape index (κ1) is 22.0. The monoisotopic (exact) mass is 449 g/mol. The van der Waals surface area contributed by atoms with E-state index >= 15 is 0 Å². The summed E-state index contributed by atoms with van der Waals surface area (Å²) in [4.78, 5) is 19.5. The van der Waals surface area contributed by atoms with Crippen molar-refractivity contribution in [3.8, 4) is 0 Å². The van der Waals surface area contributed by atoms with Crippen molar-refractivity contribution in [3.05, 3.63) is 64.4 Å². The van der Waals surface area contributed by atoms with Crippen LogP contribution in [0.15, 0.2) is 30.3 Å². The van der Waals surface area contributed by atoms with E-state index in [0.717, 1.165) is 72.6 Å². The molecule has 1 aromatic carbocycles. The van der Waals surface area contributed by atoms with E-state index in [9.17, 15) is 9.18 Å². The number of hydrogen-bond donors (Lipinski definition) is 1. The lowest BCUT2D eigenvalue weighted by Gasteiger charge is -2.34. The quantitative estimate of drug-likeness (QED) is 0.580. The van der Waals surface area contributed by atoms with Gasteiger partial charge in [0.2, 0.25) is 5.91 Å². The van der Waals surface area contributed by atoms with Gasteiger partial charge in [0, 0.05) is 36.5 Å². The molecule has 6 nitrogen and oxygen atoms in total. The van der Waals surface area contributed by atoms with Crippen LogP contribution < -0.4 is 5.32 Å². The summed E-state index contributed by atoms with van der Waals surface area (Å²) in [7, 11) is 0. The number of benzene rings is 1. The van der Waals surface area contributed by atoms with Crippen molar-refractivity contribution < 1.29 is 9.18 Å². The molecule has 0 spiro atoms. The van der Waals surface area contributed by atoms with Crippen LogP contribution >= 0.6 is 0 Å². The van der Waals surface area contributed by atoms with Gasteiger partial charge in [-0.2, -0.15) is 5.10 Å². The van der Waals surface area contributed by atoms with Crippen molar-refractivity contribution in [2.45, 2.75) is 77.4 Å². The Hall–Kier alpha value is -2.80. The van der Waals surface area contributed by atoms with Crippen LogP contribution in [0.1, 0.15) is 72.8 Å². The van der Waals surface area contributed by atoms with Crippen LogP contribution in [0, 0.1) is 19.7 Å². The van der Waals surface area contributed by atoms with Gasteiger partial charge in [-0.3, -0.25) is 9.69 Å². The Morgan fingerprint density at radius 2 is 1.94 bits per heavy atom. The predicted octanol–water partition coefficient (Wildman–Crippen LogP) is 4.42. The molecule has 1 amide bonds. The molecule has 0 unspecified atom stereocenters. The Morgan fingerprint density at radius 3 is 2.70 bits per heavy atom. The summed E-state index contributed by atoms with van der Waals surface area (Å²) in [5.41, 5.74) is 6.15. The molecule has 1 atom stereocenters. The number of aryl methyl sites for hydroxylation is 2. The molecule has 1 saturated heterocycles. The van der Waals surface area contributed by atoms with Crippen molar-refractivity contribution in [2.75, 3.05) is 6.54 Å². The maximum atomic E-state index is 13.3. The molecule has 0 radical (unpaired) electrons. The summed E-state index contributed by atoms with van der Waals surface area (Å²) in [6.07, 6.45) is 6.75. The molecule has 2 fully saturated rings. The van der Waals surface area contributed by atoms with Crippen LogP contribution in [0.5, 0.6) is 0 Å². The summed E-state index contributed by atoms with van der Waals surface area (Å²) in [5.74, 6) is -0.0803. The van der Waals surface area contributed by atoms with Gasteiger partial charge in [-0.05, 0) is 75.8 Å². The zero-order valence-electron chi connectivity index (χ0n) is 19.5. The van der Waals surface area contributed by atoms with Gasteiger partial charge in [0.25, 0.3) is 0 Å². The second kappa shape index (κ2) is 9.21. The summed E-state index contributed by atoms with van der Waals surface area (Å²) in [6, 6.07) is 9.51. The fourth-order valence-corrected chi connectivity index (χ4v) is 4.97. The van der Waals surface area contributed by atoms with E-state index in [1.807, 2.05) is 23.6 Å². The molecule has 1 aliphatic heterocycles. The van der Waals surface area contributed by atoms with Crippen LogP contribution in [0.25, 0.3) is 5.65 Å². The highest BCUT2D eigenvalue weighted by molar-refractivity contribution is 5.76. The Balaban J connectivity index is 1.37. The average Bonchev–Trinajstić information content (AvgIpc) is 3.51. The molecule has 2 aromatic heterocycles. The Kier molecular flexibility index (Phi) is 6.15. The highest BCUT2D eigenvalue weighted by Gasteiger charge is 2.27. The van der Waals surface area contributed by atoms with Gasteiger partial charge in [0.05, 0.1) is 11.7 Å². The number of nitrogens with zero attached hydrogens (tertiary/aromatic N) is 4.